The fourth-order valence-electron chi connectivity index (χ4n) is 2.85. The molecule has 2 aromatic carbocycles. The average molecular weight is 374 g/mol. The van der Waals surface area contributed by atoms with Crippen molar-refractivity contribution in [2.45, 2.75) is 18.7 Å². The molecule has 0 aromatic heterocycles. The summed E-state index contributed by atoms with van der Waals surface area (Å²) in [5.41, 5.74) is 3.34. The van der Waals surface area contributed by atoms with E-state index in [4.69, 9.17) is 4.74 Å². The summed E-state index contributed by atoms with van der Waals surface area (Å²) >= 11 is 1.49. The van der Waals surface area contributed by atoms with E-state index in [1.807, 2.05) is 18.7 Å². The molecule has 1 amide bonds. The maximum Gasteiger partial charge on any atom is 0.234 e. The van der Waals surface area contributed by atoms with Gasteiger partial charge in [0.1, 0.15) is 5.82 Å². The average Bonchev–Trinajstić information content (AvgIpc) is 2.63. The van der Waals surface area contributed by atoms with Crippen LogP contribution in [0.5, 0.6) is 0 Å². The highest BCUT2D eigenvalue weighted by Crippen LogP contribution is 2.25. The number of ether oxygens (including phenoxy) is 1. The summed E-state index contributed by atoms with van der Waals surface area (Å²) in [6.45, 7) is 6.62. The van der Waals surface area contributed by atoms with Gasteiger partial charge in [0.25, 0.3) is 0 Å². The number of nitrogens with one attached hydrogen (secondary N) is 1. The molecule has 0 atom stereocenters. The first-order chi connectivity index (χ1) is 12.5. The third kappa shape index (κ3) is 4.77. The molecule has 2 aromatic rings. The topological polar surface area (TPSA) is 41.6 Å². The molecule has 0 radical (unpaired) electrons. The van der Waals surface area contributed by atoms with Gasteiger partial charge in [0, 0.05) is 23.7 Å². The standard InChI is InChI=1S/C20H23FN2O2S/c1-14-3-4-15(2)19(11-14)26-13-20(24)22-16-5-6-18(17(21)12-16)23-7-9-25-10-8-23/h3-6,11-12H,7-10,13H2,1-2H3,(H,22,24). The Kier molecular flexibility index (Phi) is 6.16. The van der Waals surface area contributed by atoms with E-state index in [9.17, 15) is 9.18 Å². The maximum absolute atomic E-state index is 14.4. The van der Waals surface area contributed by atoms with Crippen molar-refractivity contribution in [1.29, 1.82) is 0 Å². The largest absolute Gasteiger partial charge is 0.378 e. The van der Waals surface area contributed by atoms with Crippen LogP contribution in [0.2, 0.25) is 0 Å². The van der Waals surface area contributed by atoms with Gasteiger partial charge in [-0.15, -0.1) is 11.8 Å². The molecular formula is C20H23FN2O2S. The number of carbonyl (C=O) groups is 1. The van der Waals surface area contributed by atoms with E-state index in [-0.39, 0.29) is 17.5 Å². The van der Waals surface area contributed by atoms with Crippen molar-refractivity contribution in [1.82, 2.24) is 0 Å². The van der Waals surface area contributed by atoms with E-state index in [0.717, 1.165) is 10.5 Å². The van der Waals surface area contributed by atoms with Gasteiger partial charge in [-0.1, -0.05) is 17.7 Å². The number of aryl methyl sites for hydroxylation is 2. The van der Waals surface area contributed by atoms with Crippen molar-refractivity contribution in [3.05, 3.63) is 53.3 Å². The van der Waals surface area contributed by atoms with Crippen LogP contribution in [0.1, 0.15) is 11.1 Å². The molecule has 4 nitrogen and oxygen atoms in total. The fraction of sp³-hybridized carbons (Fsp3) is 0.350. The number of thioether (sulfide) groups is 1. The van der Waals surface area contributed by atoms with Crippen molar-refractivity contribution in [2.24, 2.45) is 0 Å². The number of halogens is 1. The van der Waals surface area contributed by atoms with Gasteiger partial charge in [0.15, 0.2) is 0 Å². The van der Waals surface area contributed by atoms with E-state index in [1.54, 1.807) is 12.1 Å². The summed E-state index contributed by atoms with van der Waals surface area (Å²) in [5.74, 6) is -0.182. The van der Waals surface area contributed by atoms with Gasteiger partial charge in [-0.2, -0.15) is 0 Å². The molecule has 0 aliphatic carbocycles. The predicted molar refractivity (Wildman–Crippen MR) is 105 cm³/mol. The van der Waals surface area contributed by atoms with E-state index < -0.39 is 0 Å². The third-order valence-electron chi connectivity index (χ3n) is 4.29. The Morgan fingerprint density at radius 3 is 2.69 bits per heavy atom. The lowest BCUT2D eigenvalue weighted by atomic mass is 10.2. The second kappa shape index (κ2) is 8.56. The third-order valence-corrected chi connectivity index (χ3v) is 5.44. The van der Waals surface area contributed by atoms with Crippen LogP contribution in [0.4, 0.5) is 15.8 Å². The lowest BCUT2D eigenvalue weighted by Crippen LogP contribution is -2.36. The molecule has 0 saturated carbocycles. The number of carbonyl (C=O) groups excluding carboxylic acids is 1. The molecule has 26 heavy (non-hydrogen) atoms. The number of benzene rings is 2. The Morgan fingerprint density at radius 1 is 1.19 bits per heavy atom. The van der Waals surface area contributed by atoms with Crippen LogP contribution in [-0.2, 0) is 9.53 Å². The van der Waals surface area contributed by atoms with Gasteiger partial charge >= 0.3 is 0 Å². The minimum absolute atomic E-state index is 0.144. The molecule has 0 bridgehead atoms. The second-order valence-electron chi connectivity index (χ2n) is 6.37. The zero-order chi connectivity index (χ0) is 18.5. The van der Waals surface area contributed by atoms with Crippen LogP contribution >= 0.6 is 11.8 Å². The molecule has 138 valence electrons. The van der Waals surface area contributed by atoms with E-state index in [2.05, 4.69) is 23.5 Å². The molecule has 0 spiro atoms. The number of rotatable bonds is 5. The van der Waals surface area contributed by atoms with Gasteiger partial charge in [-0.25, -0.2) is 4.39 Å². The summed E-state index contributed by atoms with van der Waals surface area (Å²) in [5, 5.41) is 2.77. The minimum atomic E-state index is -0.327. The quantitative estimate of drug-likeness (QED) is 0.803. The summed E-state index contributed by atoms with van der Waals surface area (Å²) in [7, 11) is 0. The van der Waals surface area contributed by atoms with E-state index in [1.165, 1.54) is 23.4 Å². The predicted octanol–water partition coefficient (Wildman–Crippen LogP) is 4.01. The smallest absolute Gasteiger partial charge is 0.234 e. The zero-order valence-electron chi connectivity index (χ0n) is 15.0. The van der Waals surface area contributed by atoms with Crippen molar-refractivity contribution in [2.75, 3.05) is 42.3 Å². The second-order valence-corrected chi connectivity index (χ2v) is 7.39. The van der Waals surface area contributed by atoms with E-state index in [0.29, 0.717) is 37.7 Å². The Bertz CT molecular complexity index is 791. The van der Waals surface area contributed by atoms with Gasteiger partial charge < -0.3 is 15.0 Å². The summed E-state index contributed by atoms with van der Waals surface area (Å²) in [4.78, 5) is 15.2. The van der Waals surface area contributed by atoms with E-state index >= 15 is 0 Å². The molecule has 1 aliphatic rings. The van der Waals surface area contributed by atoms with Crippen LogP contribution in [0.3, 0.4) is 0 Å². The monoisotopic (exact) mass is 374 g/mol. The van der Waals surface area contributed by atoms with Gasteiger partial charge in [0.2, 0.25) is 5.91 Å². The molecule has 1 N–H and O–H groups in total. The number of hydrogen-bond donors (Lipinski definition) is 1. The molecule has 0 unspecified atom stereocenters. The van der Waals surface area contributed by atoms with Crippen molar-refractivity contribution < 1.29 is 13.9 Å². The Labute approximate surface area is 157 Å². The molecule has 1 heterocycles. The molecule has 6 heteroatoms. The van der Waals surface area contributed by atoms with Gasteiger partial charge in [0.05, 0.1) is 24.7 Å². The van der Waals surface area contributed by atoms with Gasteiger partial charge in [-0.3, -0.25) is 4.79 Å². The van der Waals surface area contributed by atoms with Crippen LogP contribution < -0.4 is 10.2 Å². The minimum Gasteiger partial charge on any atom is -0.378 e. The van der Waals surface area contributed by atoms with Crippen molar-refractivity contribution in [3.63, 3.8) is 0 Å². The number of anilines is 2. The summed E-state index contributed by atoms with van der Waals surface area (Å²) < 4.78 is 19.7. The van der Waals surface area contributed by atoms with Crippen molar-refractivity contribution in [3.8, 4) is 0 Å². The van der Waals surface area contributed by atoms with Crippen LogP contribution in [0, 0.1) is 19.7 Å². The van der Waals surface area contributed by atoms with Crippen LogP contribution in [-0.4, -0.2) is 38.0 Å². The van der Waals surface area contributed by atoms with Crippen molar-refractivity contribution >= 4 is 29.0 Å². The first-order valence-corrected chi connectivity index (χ1v) is 9.63. The van der Waals surface area contributed by atoms with Gasteiger partial charge in [-0.05, 0) is 43.7 Å². The lowest BCUT2D eigenvalue weighted by molar-refractivity contribution is -0.113. The molecule has 3 rings (SSSR count). The maximum atomic E-state index is 14.4. The molecule has 1 aliphatic heterocycles. The number of hydrogen-bond acceptors (Lipinski definition) is 4. The highest BCUT2D eigenvalue weighted by molar-refractivity contribution is 8.00. The highest BCUT2D eigenvalue weighted by atomic mass is 32.2. The van der Waals surface area contributed by atoms with Crippen LogP contribution in [0.15, 0.2) is 41.3 Å². The molecule has 1 fully saturated rings. The molecular weight excluding hydrogens is 351 g/mol. The fourth-order valence-corrected chi connectivity index (χ4v) is 3.77. The zero-order valence-corrected chi connectivity index (χ0v) is 15.9. The number of morpholine rings is 1. The van der Waals surface area contributed by atoms with Crippen LogP contribution in [0.25, 0.3) is 0 Å². The normalized spacial score (nSPS) is 14.3. The lowest BCUT2D eigenvalue weighted by Gasteiger charge is -2.29. The Balaban J connectivity index is 1.58. The first kappa shape index (κ1) is 18.7. The Morgan fingerprint density at radius 2 is 1.96 bits per heavy atom. The highest BCUT2D eigenvalue weighted by Gasteiger charge is 2.16. The Hall–Kier alpha value is -2.05. The first-order valence-electron chi connectivity index (χ1n) is 8.65. The number of nitrogens with zero attached hydrogens (tertiary/aromatic N) is 1. The SMILES string of the molecule is Cc1ccc(C)c(SCC(=O)Nc2ccc(N3CCOCC3)c(F)c2)c1. The summed E-state index contributed by atoms with van der Waals surface area (Å²) in [6.07, 6.45) is 0. The number of amides is 1. The summed E-state index contributed by atoms with van der Waals surface area (Å²) in [6, 6.07) is 11.0. The molecule has 1 saturated heterocycles.